The minimum absolute atomic E-state index is 0. The number of rotatable bonds is 11. The van der Waals surface area contributed by atoms with E-state index in [1.165, 1.54) is 0 Å². The van der Waals surface area contributed by atoms with Gasteiger partial charge in [0.2, 0.25) is 0 Å². The third-order valence-electron chi connectivity index (χ3n) is 2.91. The second-order valence-corrected chi connectivity index (χ2v) is 6.54. The summed E-state index contributed by atoms with van der Waals surface area (Å²) in [7, 11) is -4.87. The molecule has 0 N–H and O–H groups in total. The molecule has 0 unspecified atom stereocenters. The fourth-order valence-electron chi connectivity index (χ4n) is 1.40. The molecule has 0 atom stereocenters. The first-order valence-electron chi connectivity index (χ1n) is 6.33. The Kier molecular flexibility index (Phi) is 10.2. The van der Waals surface area contributed by atoms with Gasteiger partial charge in [-0.3, -0.25) is 0 Å². The zero-order chi connectivity index (χ0) is 22.1. The van der Waals surface area contributed by atoms with Crippen LogP contribution in [0.15, 0.2) is 0 Å². The van der Waals surface area contributed by atoms with Crippen molar-refractivity contribution in [1.29, 1.82) is 0 Å². The summed E-state index contributed by atoms with van der Waals surface area (Å²) in [5, 5.41) is 0. The van der Waals surface area contributed by atoms with E-state index in [2.05, 4.69) is 4.74 Å². The first-order valence-corrected chi connectivity index (χ1v) is 7.91. The van der Waals surface area contributed by atoms with Gasteiger partial charge in [0.05, 0.1) is 10.1 Å². The van der Waals surface area contributed by atoms with Crippen molar-refractivity contribution >= 4 is 10.1 Å². The average molecular weight is 476 g/mol. The van der Waals surface area contributed by atoms with Crippen LogP contribution in [0.2, 0.25) is 0 Å². The fraction of sp³-hybridized carbons (Fsp3) is 1.00. The number of ether oxygens (including phenoxy) is 1. The molecule has 0 aliphatic rings. The molecule has 0 aliphatic heterocycles. The fourth-order valence-corrected chi connectivity index (χ4v) is 1.87. The first-order chi connectivity index (χ1) is 11.7. The van der Waals surface area contributed by atoms with Crippen molar-refractivity contribution in [2.24, 2.45) is 0 Å². The molecule has 0 bridgehead atoms. The van der Waals surface area contributed by atoms with Crippen LogP contribution in [0.1, 0.15) is 6.42 Å². The van der Waals surface area contributed by atoms with E-state index in [-0.39, 0.29) is 29.6 Å². The average Bonchev–Trinajstić information content (AvgIpc) is 2.44. The zero-order valence-corrected chi connectivity index (χ0v) is 16.3. The smallest absolute Gasteiger partial charge is 0.748 e. The molecule has 0 spiro atoms. The van der Waals surface area contributed by atoms with Gasteiger partial charge in [-0.05, 0) is 6.42 Å². The van der Waals surface area contributed by atoms with Crippen molar-refractivity contribution in [2.75, 3.05) is 19.0 Å². The van der Waals surface area contributed by atoms with Crippen LogP contribution in [0.25, 0.3) is 0 Å². The van der Waals surface area contributed by atoms with Crippen LogP contribution < -0.4 is 29.6 Å². The van der Waals surface area contributed by atoms with E-state index in [9.17, 15) is 65.7 Å². The molecule has 0 radical (unpaired) electrons. The van der Waals surface area contributed by atoms with Crippen molar-refractivity contribution in [3.8, 4) is 0 Å². The zero-order valence-electron chi connectivity index (χ0n) is 13.5. The summed E-state index contributed by atoms with van der Waals surface area (Å²) < 4.78 is 187. The normalized spacial score (nSPS) is 14.9. The number of hydrogen-bond donors (Lipinski definition) is 0. The molecule has 0 rings (SSSR count). The Morgan fingerprint density at radius 3 is 1.61 bits per heavy atom. The molecule has 0 aliphatic carbocycles. The minimum Gasteiger partial charge on any atom is -0.748 e. The SMILES string of the molecule is O=S(=O)([O-])CCCOCC(F)(F)C(F)(F)C(F)(F)C(F)(F)C(F)(F)C(F)F.[Na+]. The molecule has 0 aromatic rings. The molecule has 4 nitrogen and oxygen atoms in total. The number of alkyl halides is 12. The van der Waals surface area contributed by atoms with Crippen molar-refractivity contribution in [1.82, 2.24) is 0 Å². The van der Waals surface area contributed by atoms with Crippen LogP contribution in [-0.2, 0) is 14.9 Å². The standard InChI is InChI=1S/C10H10F12O4S.Na/c11-5(12)7(15,16)9(19,20)10(21,22)8(17,18)6(13,14)4-26-2-1-3-27(23,24)25;/h5H,1-4H2,(H,23,24,25);/q;+1/p-1. The van der Waals surface area contributed by atoms with Crippen molar-refractivity contribution < 1.29 is 99.9 Å². The van der Waals surface area contributed by atoms with Crippen LogP contribution in [-0.4, -0.2) is 68.0 Å². The van der Waals surface area contributed by atoms with Gasteiger partial charge in [-0.25, -0.2) is 17.2 Å². The third-order valence-corrected chi connectivity index (χ3v) is 3.70. The van der Waals surface area contributed by atoms with E-state index >= 15 is 0 Å². The van der Waals surface area contributed by atoms with Crippen LogP contribution in [0.3, 0.4) is 0 Å². The van der Waals surface area contributed by atoms with E-state index in [0.29, 0.717) is 0 Å². The van der Waals surface area contributed by atoms with E-state index in [1.54, 1.807) is 0 Å². The molecule has 18 heteroatoms. The minimum atomic E-state index is -7.65. The van der Waals surface area contributed by atoms with Gasteiger partial charge in [-0.1, -0.05) is 0 Å². The van der Waals surface area contributed by atoms with Gasteiger partial charge < -0.3 is 9.29 Å². The molecular formula is C10H9F12NaO4S. The van der Waals surface area contributed by atoms with E-state index in [0.717, 1.165) is 0 Å². The summed E-state index contributed by atoms with van der Waals surface area (Å²) in [5.41, 5.74) is 0. The molecule has 28 heavy (non-hydrogen) atoms. The second-order valence-electron chi connectivity index (χ2n) is 5.02. The Morgan fingerprint density at radius 2 is 1.25 bits per heavy atom. The molecule has 0 saturated carbocycles. The maximum Gasteiger partial charge on any atom is 1.00 e. The van der Waals surface area contributed by atoms with Gasteiger partial charge in [-0.15, -0.1) is 0 Å². The Balaban J connectivity index is 0. The monoisotopic (exact) mass is 476 g/mol. The van der Waals surface area contributed by atoms with E-state index in [1.807, 2.05) is 0 Å². The maximum atomic E-state index is 13.2. The van der Waals surface area contributed by atoms with E-state index < -0.39 is 71.5 Å². The summed E-state index contributed by atoms with van der Waals surface area (Å²) >= 11 is 0. The van der Waals surface area contributed by atoms with Gasteiger partial charge in [0, 0.05) is 12.4 Å². The maximum absolute atomic E-state index is 13.2. The Hall–Kier alpha value is 0.0300. The Morgan fingerprint density at radius 1 is 0.821 bits per heavy atom. The second kappa shape index (κ2) is 9.45. The molecule has 0 aromatic heterocycles. The summed E-state index contributed by atoms with van der Waals surface area (Å²) in [4.78, 5) is 0. The summed E-state index contributed by atoms with van der Waals surface area (Å²) in [5.74, 6) is -37.1. The van der Waals surface area contributed by atoms with Gasteiger partial charge in [0.25, 0.3) is 0 Å². The number of hydrogen-bond acceptors (Lipinski definition) is 4. The van der Waals surface area contributed by atoms with E-state index in [4.69, 9.17) is 0 Å². The largest absolute Gasteiger partial charge is 1.00 e. The van der Waals surface area contributed by atoms with Crippen LogP contribution in [0.4, 0.5) is 52.7 Å². The molecule has 164 valence electrons. The van der Waals surface area contributed by atoms with Gasteiger partial charge >= 0.3 is 65.6 Å². The molecule has 0 saturated heterocycles. The number of halogens is 12. The van der Waals surface area contributed by atoms with Gasteiger partial charge in [0.15, 0.2) is 0 Å². The van der Waals surface area contributed by atoms with Crippen LogP contribution in [0, 0.1) is 0 Å². The Bertz CT molecular complexity index is 610. The van der Waals surface area contributed by atoms with Gasteiger partial charge in [0.1, 0.15) is 6.61 Å². The summed E-state index contributed by atoms with van der Waals surface area (Å²) in [6, 6.07) is 0. The topological polar surface area (TPSA) is 66.4 Å². The quantitative estimate of drug-likeness (QED) is 0.187. The van der Waals surface area contributed by atoms with Crippen LogP contribution in [0.5, 0.6) is 0 Å². The van der Waals surface area contributed by atoms with Crippen LogP contribution >= 0.6 is 0 Å². The first kappa shape index (κ1) is 30.2. The van der Waals surface area contributed by atoms with Crippen molar-refractivity contribution in [3.63, 3.8) is 0 Å². The molecular weight excluding hydrogens is 467 g/mol. The predicted octanol–water partition coefficient (Wildman–Crippen LogP) is 0.384. The predicted molar refractivity (Wildman–Crippen MR) is 60.7 cm³/mol. The molecule has 0 amide bonds. The summed E-state index contributed by atoms with van der Waals surface area (Å²) in [6.07, 6.45) is -6.48. The third kappa shape index (κ3) is 6.02. The molecule has 0 heterocycles. The molecule has 0 fully saturated rings. The van der Waals surface area contributed by atoms with Crippen molar-refractivity contribution in [3.05, 3.63) is 0 Å². The van der Waals surface area contributed by atoms with Gasteiger partial charge in [-0.2, -0.15) is 43.9 Å². The van der Waals surface area contributed by atoms with Crippen molar-refractivity contribution in [2.45, 2.75) is 42.5 Å². The molecule has 0 aromatic carbocycles. The summed E-state index contributed by atoms with van der Waals surface area (Å²) in [6.45, 7) is -4.02. The Labute approximate surface area is 171 Å².